The fourth-order valence-corrected chi connectivity index (χ4v) is 9.43. The van der Waals surface area contributed by atoms with Crippen molar-refractivity contribution in [2.75, 3.05) is 13.2 Å². The molecule has 0 amide bonds. The number of unbranched alkanes of at least 4 members (excludes halogenated alkanes) is 29. The van der Waals surface area contributed by atoms with Crippen molar-refractivity contribution in [1.82, 2.24) is 0 Å². The van der Waals surface area contributed by atoms with Crippen LogP contribution in [0, 0.1) is 0 Å². The second-order valence-corrected chi connectivity index (χ2v) is 22.7. The van der Waals surface area contributed by atoms with Crippen LogP contribution in [-0.2, 0) is 28.6 Å². The van der Waals surface area contributed by atoms with E-state index in [-0.39, 0.29) is 31.1 Å². The Labute approximate surface area is 513 Å². The Morgan fingerprint density at radius 1 is 0.253 bits per heavy atom. The lowest BCUT2D eigenvalue weighted by Gasteiger charge is -2.18. The number of carbonyl (C=O) groups excluding carboxylic acids is 3. The molecule has 0 aromatic rings. The number of rotatable bonds is 62. The van der Waals surface area contributed by atoms with Gasteiger partial charge in [-0.1, -0.05) is 289 Å². The first kappa shape index (κ1) is 78.5. The molecule has 0 aromatic heterocycles. The minimum absolute atomic E-state index is 0.0895. The van der Waals surface area contributed by atoms with Gasteiger partial charge in [-0.05, 0) is 141 Å². The van der Waals surface area contributed by atoms with Crippen molar-refractivity contribution in [2.24, 2.45) is 0 Å². The summed E-state index contributed by atoms with van der Waals surface area (Å²) in [5, 5.41) is 0. The molecule has 83 heavy (non-hydrogen) atoms. The molecule has 0 aliphatic carbocycles. The highest BCUT2D eigenvalue weighted by Crippen LogP contribution is 2.15. The van der Waals surface area contributed by atoms with Crippen LogP contribution < -0.4 is 0 Å². The van der Waals surface area contributed by atoms with Crippen molar-refractivity contribution >= 4 is 17.9 Å². The zero-order chi connectivity index (χ0) is 59.9. The third-order valence-electron chi connectivity index (χ3n) is 14.6. The predicted molar refractivity (Wildman–Crippen MR) is 362 cm³/mol. The number of esters is 3. The van der Waals surface area contributed by atoms with Crippen LogP contribution in [-0.4, -0.2) is 37.2 Å². The minimum atomic E-state index is -0.794. The zero-order valence-electron chi connectivity index (χ0n) is 54.2. The summed E-state index contributed by atoms with van der Waals surface area (Å²) >= 11 is 0. The van der Waals surface area contributed by atoms with E-state index in [1.807, 2.05) is 0 Å². The molecule has 0 fully saturated rings. The van der Waals surface area contributed by atoms with E-state index in [0.29, 0.717) is 19.3 Å². The van der Waals surface area contributed by atoms with Crippen LogP contribution in [0.2, 0.25) is 0 Å². The molecule has 0 N–H and O–H groups in total. The molecular formula is C77H128O6. The third-order valence-corrected chi connectivity index (χ3v) is 14.6. The normalized spacial score (nSPS) is 13.0. The van der Waals surface area contributed by atoms with Gasteiger partial charge >= 0.3 is 17.9 Å². The summed E-state index contributed by atoms with van der Waals surface area (Å²) in [4.78, 5) is 38.4. The molecule has 0 saturated heterocycles. The third kappa shape index (κ3) is 68.2. The van der Waals surface area contributed by atoms with Gasteiger partial charge in [0.15, 0.2) is 6.10 Å². The van der Waals surface area contributed by atoms with E-state index in [0.717, 1.165) is 135 Å². The molecule has 0 rings (SSSR count). The summed E-state index contributed by atoms with van der Waals surface area (Å²) in [5.41, 5.74) is 0. The van der Waals surface area contributed by atoms with Crippen molar-refractivity contribution in [3.63, 3.8) is 0 Å². The Balaban J connectivity index is 4.32. The first-order chi connectivity index (χ1) is 41.0. The second-order valence-electron chi connectivity index (χ2n) is 22.7. The number of hydrogen-bond donors (Lipinski definition) is 0. The van der Waals surface area contributed by atoms with Crippen LogP contribution in [0.5, 0.6) is 0 Å². The SMILES string of the molecule is CC/C=C\C/C=C\C/C=C\C/C=C\C/C=C\C/C=C\C/C=C\C/C=C\CCCCCCCCCCC(=O)OCC(COC(=O)CCCCCCC/C=C\CCCCCCC)OC(=O)CCCCCCCCC/C=C\C/C=C\CCCCCC. The molecule has 1 unspecified atom stereocenters. The van der Waals surface area contributed by atoms with Crippen molar-refractivity contribution < 1.29 is 28.6 Å². The number of allylic oxidation sites excluding steroid dienone is 22. The van der Waals surface area contributed by atoms with E-state index in [4.69, 9.17) is 14.2 Å². The topological polar surface area (TPSA) is 78.9 Å². The number of ether oxygens (including phenoxy) is 3. The highest BCUT2D eigenvalue weighted by molar-refractivity contribution is 5.71. The maximum atomic E-state index is 12.9. The van der Waals surface area contributed by atoms with Crippen LogP contribution in [0.25, 0.3) is 0 Å². The summed E-state index contributed by atoms with van der Waals surface area (Å²) in [7, 11) is 0. The molecule has 0 aliphatic heterocycles. The summed E-state index contributed by atoms with van der Waals surface area (Å²) in [6.45, 7) is 6.50. The molecule has 1 atom stereocenters. The second kappa shape index (κ2) is 70.0. The average molecular weight is 1150 g/mol. The van der Waals surface area contributed by atoms with Gasteiger partial charge in [-0.25, -0.2) is 0 Å². The molecular weight excluding hydrogens is 1020 g/mol. The van der Waals surface area contributed by atoms with Crippen LogP contribution in [0.1, 0.15) is 316 Å². The average Bonchev–Trinajstić information content (AvgIpc) is 3.49. The van der Waals surface area contributed by atoms with Crippen molar-refractivity contribution in [1.29, 1.82) is 0 Å². The largest absolute Gasteiger partial charge is 0.462 e. The minimum Gasteiger partial charge on any atom is -0.462 e. The fourth-order valence-electron chi connectivity index (χ4n) is 9.43. The van der Waals surface area contributed by atoms with Crippen molar-refractivity contribution in [2.45, 2.75) is 322 Å². The van der Waals surface area contributed by atoms with E-state index >= 15 is 0 Å². The molecule has 6 nitrogen and oxygen atoms in total. The highest BCUT2D eigenvalue weighted by Gasteiger charge is 2.19. The molecule has 0 spiro atoms. The van der Waals surface area contributed by atoms with Gasteiger partial charge in [0.05, 0.1) is 0 Å². The van der Waals surface area contributed by atoms with Gasteiger partial charge in [-0.3, -0.25) is 14.4 Å². The Kier molecular flexibility index (Phi) is 66.3. The lowest BCUT2D eigenvalue weighted by Crippen LogP contribution is -2.30. The Morgan fingerprint density at radius 2 is 0.470 bits per heavy atom. The van der Waals surface area contributed by atoms with E-state index < -0.39 is 6.10 Å². The van der Waals surface area contributed by atoms with Gasteiger partial charge in [0.2, 0.25) is 0 Å². The maximum Gasteiger partial charge on any atom is 0.306 e. The Bertz CT molecular complexity index is 1750. The quantitative estimate of drug-likeness (QED) is 0.0261. The van der Waals surface area contributed by atoms with E-state index in [1.54, 1.807) is 0 Å². The van der Waals surface area contributed by atoms with Gasteiger partial charge in [-0.2, -0.15) is 0 Å². The fraction of sp³-hybridized carbons (Fsp3) is 0.675. The predicted octanol–water partition coefficient (Wildman–Crippen LogP) is 24.1. The summed E-state index contributed by atoms with van der Waals surface area (Å²) < 4.78 is 16.9. The molecule has 472 valence electrons. The number of carbonyl (C=O) groups is 3. The summed E-state index contributed by atoms with van der Waals surface area (Å²) in [6, 6.07) is 0. The molecule has 0 aromatic carbocycles. The van der Waals surface area contributed by atoms with Crippen LogP contribution in [0.3, 0.4) is 0 Å². The molecule has 0 radical (unpaired) electrons. The van der Waals surface area contributed by atoms with Gasteiger partial charge in [0, 0.05) is 19.3 Å². The lowest BCUT2D eigenvalue weighted by atomic mass is 10.1. The van der Waals surface area contributed by atoms with E-state index in [9.17, 15) is 14.4 Å². The maximum absolute atomic E-state index is 12.9. The van der Waals surface area contributed by atoms with Gasteiger partial charge in [-0.15, -0.1) is 0 Å². The lowest BCUT2D eigenvalue weighted by molar-refractivity contribution is -0.167. The smallest absolute Gasteiger partial charge is 0.306 e. The Hall–Kier alpha value is -4.45. The zero-order valence-corrected chi connectivity index (χ0v) is 54.2. The monoisotopic (exact) mass is 1150 g/mol. The number of hydrogen-bond acceptors (Lipinski definition) is 6. The molecule has 0 aliphatic rings. The van der Waals surface area contributed by atoms with Gasteiger partial charge in [0.25, 0.3) is 0 Å². The van der Waals surface area contributed by atoms with Crippen LogP contribution in [0.15, 0.2) is 134 Å². The first-order valence-electron chi connectivity index (χ1n) is 34.7. The van der Waals surface area contributed by atoms with E-state index in [2.05, 4.69) is 154 Å². The van der Waals surface area contributed by atoms with Gasteiger partial charge in [0.1, 0.15) is 13.2 Å². The molecule has 0 heterocycles. The molecule has 0 saturated carbocycles. The van der Waals surface area contributed by atoms with Gasteiger partial charge < -0.3 is 14.2 Å². The molecule has 0 bridgehead atoms. The molecule has 6 heteroatoms. The van der Waals surface area contributed by atoms with Crippen LogP contribution in [0.4, 0.5) is 0 Å². The highest BCUT2D eigenvalue weighted by atomic mass is 16.6. The van der Waals surface area contributed by atoms with Crippen molar-refractivity contribution in [3.05, 3.63) is 134 Å². The van der Waals surface area contributed by atoms with Crippen LogP contribution >= 0.6 is 0 Å². The summed E-state index contributed by atoms with van der Waals surface area (Å²) in [5.74, 6) is -0.907. The Morgan fingerprint density at radius 3 is 0.759 bits per heavy atom. The summed E-state index contributed by atoms with van der Waals surface area (Å²) in [6.07, 6.45) is 98.9. The standard InChI is InChI=1S/C77H128O6/c1-4-7-10-13-16-19-22-25-28-30-32-33-34-35-36-37-38-39-40-41-42-43-44-45-46-48-49-52-55-58-61-64-67-70-76(79)82-73-74(72-81-75(78)69-66-63-60-57-54-51-27-24-21-18-15-12-9-6-3)83-77(80)71-68-65-62-59-56-53-50-47-31-29-26-23-20-17-14-11-8-5-2/h7,10,16,19-20,23-25,27-29,31-33,35-36,38-39,41-42,44-45,74H,4-6,8-9,11-15,17-18,21-22,26,30,34,37,40,43,46-73H2,1-3H3/b10-7-,19-16-,23-20-,27-24-,28-25-,31-29-,33-32-,36-35-,39-38-,42-41-,45-44-. The first-order valence-corrected chi connectivity index (χ1v) is 34.7. The van der Waals surface area contributed by atoms with E-state index in [1.165, 1.54) is 141 Å². The van der Waals surface area contributed by atoms with Crippen molar-refractivity contribution in [3.8, 4) is 0 Å².